The number of anilines is 2. The molecule has 3 aromatic rings. The Balaban J connectivity index is 1.30. The van der Waals surface area contributed by atoms with Crippen LogP contribution in [0.1, 0.15) is 83.0 Å². The van der Waals surface area contributed by atoms with Crippen molar-refractivity contribution in [2.24, 2.45) is 5.92 Å². The number of alkyl carbamates (subject to hydrolysis) is 1. The van der Waals surface area contributed by atoms with Gasteiger partial charge in [0, 0.05) is 30.9 Å². The van der Waals surface area contributed by atoms with Gasteiger partial charge in [0.25, 0.3) is 0 Å². The molecule has 5 rings (SSSR count). The van der Waals surface area contributed by atoms with Crippen molar-refractivity contribution in [1.82, 2.24) is 10.3 Å². The lowest BCUT2D eigenvalue weighted by molar-refractivity contribution is 0.0487. The van der Waals surface area contributed by atoms with Gasteiger partial charge in [0.2, 0.25) is 0 Å². The summed E-state index contributed by atoms with van der Waals surface area (Å²) in [5.41, 5.74) is 3.84. The van der Waals surface area contributed by atoms with Crippen LogP contribution >= 0.6 is 11.6 Å². The van der Waals surface area contributed by atoms with E-state index in [-0.39, 0.29) is 24.3 Å². The van der Waals surface area contributed by atoms with E-state index in [9.17, 15) is 4.79 Å². The van der Waals surface area contributed by atoms with Gasteiger partial charge in [-0.1, -0.05) is 23.7 Å². The number of nitrogens with zero attached hydrogens (tertiary/aromatic N) is 3. The van der Waals surface area contributed by atoms with Crippen LogP contribution in [0.3, 0.4) is 0 Å². The number of aromatic nitrogens is 1. The van der Waals surface area contributed by atoms with E-state index >= 15 is 0 Å². The van der Waals surface area contributed by atoms with Crippen molar-refractivity contribution in [2.75, 3.05) is 30.5 Å². The Kier molecular flexibility index (Phi) is 10.4. The van der Waals surface area contributed by atoms with Gasteiger partial charge in [-0.15, -0.1) is 0 Å². The summed E-state index contributed by atoms with van der Waals surface area (Å²) >= 11 is 6.29. The summed E-state index contributed by atoms with van der Waals surface area (Å²) in [4.78, 5) is 21.6. The number of rotatable bonds is 9. The minimum atomic E-state index is -0.487. The first-order valence-electron chi connectivity index (χ1n) is 16.2. The Bertz CT molecular complexity index is 1510. The lowest BCUT2D eigenvalue weighted by Gasteiger charge is -2.35. The Hall–Kier alpha value is -3.91. The van der Waals surface area contributed by atoms with Gasteiger partial charge in [0.1, 0.15) is 11.4 Å². The number of carbonyl (C=O) groups excluding carboxylic acids is 1. The zero-order valence-corrected chi connectivity index (χ0v) is 28.8. The molecule has 1 fully saturated rings. The number of hydrogen-bond donors (Lipinski definition) is 1. The van der Waals surface area contributed by atoms with Crippen LogP contribution in [0.2, 0.25) is 5.02 Å². The molecule has 1 aromatic heterocycles. The van der Waals surface area contributed by atoms with Crippen molar-refractivity contribution >= 4 is 35.3 Å². The number of pyridine rings is 1. The van der Waals surface area contributed by atoms with Gasteiger partial charge in [-0.2, -0.15) is 0 Å². The van der Waals surface area contributed by atoms with Crippen molar-refractivity contribution in [3.8, 4) is 11.5 Å². The Morgan fingerprint density at radius 2 is 1.78 bits per heavy atom. The minimum Gasteiger partial charge on any atom is -0.493 e. The molecular formula is C37H47ClN4O4. The molecule has 8 nitrogen and oxygen atoms in total. The maximum Gasteiger partial charge on any atom is 0.407 e. The molecular weight excluding hydrogens is 600 g/mol. The monoisotopic (exact) mass is 646 g/mol. The first-order valence-corrected chi connectivity index (χ1v) is 16.5. The average Bonchev–Trinajstić information content (AvgIpc) is 3.00. The van der Waals surface area contributed by atoms with Crippen LogP contribution in [0.25, 0.3) is 6.08 Å². The third-order valence-corrected chi connectivity index (χ3v) is 8.69. The Labute approximate surface area is 278 Å². The highest BCUT2D eigenvalue weighted by Crippen LogP contribution is 2.43. The number of benzene rings is 2. The second kappa shape index (κ2) is 14.2. The van der Waals surface area contributed by atoms with Crippen LogP contribution in [-0.2, 0) is 4.74 Å². The number of fused-ring (bicyclic) bond motifs is 1. The fraction of sp³-hybridized carbons (Fsp3) is 0.459. The molecule has 0 spiro atoms. The summed E-state index contributed by atoms with van der Waals surface area (Å²) in [6.45, 7) is 10.6. The van der Waals surface area contributed by atoms with E-state index in [4.69, 9.17) is 30.8 Å². The van der Waals surface area contributed by atoms with Crippen molar-refractivity contribution in [3.63, 3.8) is 0 Å². The fourth-order valence-electron chi connectivity index (χ4n) is 6.28. The van der Waals surface area contributed by atoms with Crippen LogP contribution in [0.4, 0.5) is 16.3 Å². The van der Waals surface area contributed by atoms with E-state index in [1.807, 2.05) is 59.0 Å². The smallest absolute Gasteiger partial charge is 0.407 e. The highest BCUT2D eigenvalue weighted by molar-refractivity contribution is 6.30. The first kappa shape index (κ1) is 33.5. The highest BCUT2D eigenvalue weighted by Gasteiger charge is 2.30. The molecule has 1 N–H and O–H groups in total. The van der Waals surface area contributed by atoms with Crippen LogP contribution < -0.4 is 24.6 Å². The number of hydrogen-bond acceptors (Lipinski definition) is 7. The molecule has 1 aliphatic heterocycles. The molecule has 2 aromatic carbocycles. The molecule has 1 atom stereocenters. The molecule has 0 bridgehead atoms. The number of methoxy groups -OCH3 is 1. The molecule has 1 amide bonds. The van der Waals surface area contributed by atoms with Crippen LogP contribution in [0.15, 0.2) is 60.9 Å². The Morgan fingerprint density at radius 3 is 2.39 bits per heavy atom. The maximum atomic E-state index is 12.2. The molecule has 2 heterocycles. The number of carbonyl (C=O) groups is 1. The van der Waals surface area contributed by atoms with Gasteiger partial charge in [-0.05, 0) is 125 Å². The molecule has 246 valence electrons. The molecule has 2 aliphatic rings. The van der Waals surface area contributed by atoms with Crippen LogP contribution in [0.5, 0.6) is 11.5 Å². The van der Waals surface area contributed by atoms with Gasteiger partial charge in [-0.25, -0.2) is 9.78 Å². The van der Waals surface area contributed by atoms with E-state index < -0.39 is 5.60 Å². The number of halogens is 1. The van der Waals surface area contributed by atoms with Crippen molar-refractivity contribution in [2.45, 2.75) is 84.1 Å². The maximum absolute atomic E-state index is 12.2. The highest BCUT2D eigenvalue weighted by atomic mass is 35.5. The molecule has 46 heavy (non-hydrogen) atoms. The first-order chi connectivity index (χ1) is 21.9. The third-order valence-electron chi connectivity index (χ3n) is 8.44. The lowest BCUT2D eigenvalue weighted by Crippen LogP contribution is -2.41. The van der Waals surface area contributed by atoms with Gasteiger partial charge >= 0.3 is 6.09 Å². The zero-order chi connectivity index (χ0) is 33.0. The predicted molar refractivity (Wildman–Crippen MR) is 186 cm³/mol. The summed E-state index contributed by atoms with van der Waals surface area (Å²) in [7, 11) is 3.79. The predicted octanol–water partition coefficient (Wildman–Crippen LogP) is 8.63. The zero-order valence-electron chi connectivity index (χ0n) is 28.0. The summed E-state index contributed by atoms with van der Waals surface area (Å²) < 4.78 is 17.3. The number of nitrogens with one attached hydrogen (secondary N) is 1. The summed E-state index contributed by atoms with van der Waals surface area (Å²) in [6.07, 6.45) is 9.85. The second-order valence-corrected chi connectivity index (χ2v) is 14.0. The standard InChI is InChI=1S/C37H47ClN4O4/c1-24(2)45-33-21-31-27(20-32(33)44-7)18-19-42(35(31)26-10-12-28(38)13-11-26)34-17-16-30(22-39-34)41(6)23-25-8-14-29(15-9-25)40-36(43)46-37(3,4)5/h10-13,16-22,24-25,29,35H,8-9,14-15,23H2,1-7H3,(H,40,43)/t25?,29?,35-/m0/s1. The number of amides is 1. The van der Waals surface area contributed by atoms with E-state index in [2.05, 4.69) is 64.8 Å². The third kappa shape index (κ3) is 8.27. The quantitative estimate of drug-likeness (QED) is 0.249. The summed E-state index contributed by atoms with van der Waals surface area (Å²) in [6, 6.07) is 16.4. The average molecular weight is 647 g/mol. The van der Waals surface area contributed by atoms with Gasteiger partial charge < -0.3 is 29.3 Å². The normalized spacial score (nSPS) is 19.4. The molecule has 9 heteroatoms. The van der Waals surface area contributed by atoms with Crippen molar-refractivity contribution in [1.29, 1.82) is 0 Å². The molecule has 0 radical (unpaired) electrons. The van der Waals surface area contributed by atoms with E-state index in [1.54, 1.807) is 7.11 Å². The Morgan fingerprint density at radius 1 is 1.07 bits per heavy atom. The molecule has 1 aliphatic carbocycles. The summed E-state index contributed by atoms with van der Waals surface area (Å²) in [5.74, 6) is 2.81. The topological polar surface area (TPSA) is 76.2 Å². The van der Waals surface area contributed by atoms with Crippen LogP contribution in [0, 0.1) is 5.92 Å². The van der Waals surface area contributed by atoms with Crippen molar-refractivity contribution < 1.29 is 19.0 Å². The summed E-state index contributed by atoms with van der Waals surface area (Å²) in [5, 5.41) is 3.74. The minimum absolute atomic E-state index is 0.00584. The van der Waals surface area contributed by atoms with Crippen molar-refractivity contribution in [3.05, 3.63) is 82.6 Å². The number of ether oxygens (including phenoxy) is 3. The van der Waals surface area contributed by atoms with Crippen LogP contribution in [-0.4, -0.2) is 49.5 Å². The molecule has 0 unspecified atom stereocenters. The van der Waals surface area contributed by atoms with Gasteiger partial charge in [-0.3, -0.25) is 0 Å². The van der Waals surface area contributed by atoms with E-state index in [0.29, 0.717) is 22.4 Å². The van der Waals surface area contributed by atoms with E-state index in [1.165, 1.54) is 0 Å². The van der Waals surface area contributed by atoms with Gasteiger partial charge in [0.15, 0.2) is 11.5 Å². The van der Waals surface area contributed by atoms with E-state index in [0.717, 1.165) is 60.4 Å². The second-order valence-electron chi connectivity index (χ2n) is 13.6. The SMILES string of the molecule is COc1cc2c(cc1OC(C)C)[C@H](c1ccc(Cl)cc1)N(c1ccc(N(C)CC3CCC(NC(=O)OC(C)(C)C)CC3)cn1)C=C2. The molecule has 0 saturated heterocycles. The fourth-order valence-corrected chi connectivity index (χ4v) is 6.41. The lowest BCUT2D eigenvalue weighted by atomic mass is 9.85. The van der Waals surface area contributed by atoms with Gasteiger partial charge in [0.05, 0.1) is 31.1 Å². The molecule has 1 saturated carbocycles. The largest absolute Gasteiger partial charge is 0.493 e.